The Bertz CT molecular complexity index is 635. The number of benzene rings is 1. The van der Waals surface area contributed by atoms with Crippen molar-refractivity contribution in [1.29, 1.82) is 0 Å². The lowest BCUT2D eigenvalue weighted by atomic mass is 10.1. The molecule has 0 fully saturated rings. The molecular weight excluding hydrogens is 258 g/mol. The summed E-state index contributed by atoms with van der Waals surface area (Å²) in [5.41, 5.74) is 7.88. The Morgan fingerprint density at radius 1 is 1.35 bits per heavy atom. The summed E-state index contributed by atoms with van der Waals surface area (Å²) in [5.74, 6) is -0.236. The first-order valence-electron chi connectivity index (χ1n) is 4.75. The molecule has 0 spiro atoms. The third-order valence-electron chi connectivity index (χ3n) is 2.06. The molecule has 7 heteroatoms. The van der Waals surface area contributed by atoms with Gasteiger partial charge in [0, 0.05) is 16.6 Å². The predicted octanol–water partition coefficient (Wildman–Crippen LogP) is 1.18. The summed E-state index contributed by atoms with van der Waals surface area (Å²) in [4.78, 5) is 4.21. The van der Waals surface area contributed by atoms with Crippen LogP contribution in [0.15, 0.2) is 29.6 Å². The van der Waals surface area contributed by atoms with Crippen molar-refractivity contribution in [1.82, 2.24) is 4.98 Å². The van der Waals surface area contributed by atoms with Crippen LogP contribution >= 0.6 is 11.3 Å². The van der Waals surface area contributed by atoms with Crippen LogP contribution in [0.4, 0.5) is 5.69 Å². The first-order chi connectivity index (χ1) is 7.94. The maximum Gasteiger partial charge on any atom is 0.215 e. The number of hydrogen-bond acceptors (Lipinski definition) is 5. The van der Waals surface area contributed by atoms with E-state index in [1.54, 1.807) is 17.5 Å². The van der Waals surface area contributed by atoms with Gasteiger partial charge in [-0.1, -0.05) is 12.1 Å². The Hall–Kier alpha value is -1.44. The van der Waals surface area contributed by atoms with Crippen molar-refractivity contribution < 1.29 is 8.42 Å². The van der Waals surface area contributed by atoms with Gasteiger partial charge in [-0.05, 0) is 12.1 Å². The second kappa shape index (κ2) is 4.44. The number of sulfonamides is 1. The van der Waals surface area contributed by atoms with E-state index in [9.17, 15) is 8.42 Å². The van der Waals surface area contributed by atoms with E-state index in [1.807, 2.05) is 12.1 Å². The average Bonchev–Trinajstić information content (AvgIpc) is 2.63. The van der Waals surface area contributed by atoms with Crippen LogP contribution in [-0.2, 0) is 15.8 Å². The number of hydrogen-bond donors (Lipinski definition) is 2. The molecule has 17 heavy (non-hydrogen) atoms. The van der Waals surface area contributed by atoms with Crippen LogP contribution in [0.5, 0.6) is 0 Å². The van der Waals surface area contributed by atoms with E-state index in [-0.39, 0.29) is 5.75 Å². The first kappa shape index (κ1) is 12.0. The van der Waals surface area contributed by atoms with Crippen molar-refractivity contribution >= 4 is 27.0 Å². The number of anilines is 1. The Morgan fingerprint density at radius 2 is 2.12 bits per heavy atom. The largest absolute Gasteiger partial charge is 0.399 e. The van der Waals surface area contributed by atoms with Gasteiger partial charge >= 0.3 is 0 Å². The normalized spacial score (nSPS) is 11.6. The van der Waals surface area contributed by atoms with Crippen molar-refractivity contribution in [2.24, 2.45) is 5.14 Å². The number of thiazole rings is 1. The molecule has 1 heterocycles. The highest BCUT2D eigenvalue weighted by Gasteiger charge is 2.10. The summed E-state index contributed by atoms with van der Waals surface area (Å²) in [6.45, 7) is 0. The molecule has 0 saturated heterocycles. The molecule has 0 atom stereocenters. The molecule has 0 bridgehead atoms. The van der Waals surface area contributed by atoms with E-state index in [1.165, 1.54) is 11.3 Å². The number of rotatable bonds is 3. The highest BCUT2D eigenvalue weighted by molar-refractivity contribution is 7.88. The molecule has 0 aliphatic rings. The summed E-state index contributed by atoms with van der Waals surface area (Å²) in [6.07, 6.45) is 0. The fourth-order valence-corrected chi connectivity index (χ4v) is 3.14. The smallest absolute Gasteiger partial charge is 0.215 e. The van der Waals surface area contributed by atoms with E-state index >= 15 is 0 Å². The van der Waals surface area contributed by atoms with Gasteiger partial charge in [-0.15, -0.1) is 11.3 Å². The van der Waals surface area contributed by atoms with Crippen molar-refractivity contribution in [2.75, 3.05) is 5.73 Å². The number of aromatic nitrogens is 1. The van der Waals surface area contributed by atoms with Gasteiger partial charge in [0.2, 0.25) is 10.0 Å². The van der Waals surface area contributed by atoms with Crippen LogP contribution in [-0.4, -0.2) is 13.4 Å². The molecular formula is C10H11N3O2S2. The summed E-state index contributed by atoms with van der Waals surface area (Å²) < 4.78 is 21.8. The zero-order valence-electron chi connectivity index (χ0n) is 8.83. The van der Waals surface area contributed by atoms with E-state index in [0.29, 0.717) is 16.4 Å². The van der Waals surface area contributed by atoms with Crippen molar-refractivity contribution in [3.63, 3.8) is 0 Å². The number of nitrogen functional groups attached to an aromatic ring is 1. The zero-order valence-corrected chi connectivity index (χ0v) is 10.5. The van der Waals surface area contributed by atoms with Gasteiger partial charge in [-0.2, -0.15) is 0 Å². The summed E-state index contributed by atoms with van der Waals surface area (Å²) in [6, 6.07) is 7.26. The minimum Gasteiger partial charge on any atom is -0.399 e. The van der Waals surface area contributed by atoms with Crippen LogP contribution < -0.4 is 10.9 Å². The van der Waals surface area contributed by atoms with Gasteiger partial charge in [0.05, 0.1) is 5.69 Å². The zero-order chi connectivity index (χ0) is 12.5. The molecule has 1 aromatic carbocycles. The quantitative estimate of drug-likeness (QED) is 0.817. The van der Waals surface area contributed by atoms with Crippen LogP contribution in [0.2, 0.25) is 0 Å². The second-order valence-corrected chi connectivity index (χ2v) is 6.12. The van der Waals surface area contributed by atoms with Crippen molar-refractivity contribution in [3.8, 4) is 11.3 Å². The van der Waals surface area contributed by atoms with Crippen molar-refractivity contribution in [3.05, 3.63) is 34.7 Å². The van der Waals surface area contributed by atoms with Crippen molar-refractivity contribution in [2.45, 2.75) is 5.75 Å². The molecule has 5 nitrogen and oxygen atoms in total. The Balaban J connectivity index is 2.30. The summed E-state index contributed by atoms with van der Waals surface area (Å²) in [7, 11) is -3.53. The maximum atomic E-state index is 10.9. The number of nitrogens with two attached hydrogens (primary N) is 2. The van der Waals surface area contributed by atoms with Crippen LogP contribution in [0.3, 0.4) is 0 Å². The topological polar surface area (TPSA) is 99.1 Å². The molecule has 0 aliphatic heterocycles. The number of primary sulfonamides is 1. The fourth-order valence-electron chi connectivity index (χ4n) is 1.38. The molecule has 0 unspecified atom stereocenters. The fraction of sp³-hybridized carbons (Fsp3) is 0.100. The monoisotopic (exact) mass is 269 g/mol. The highest BCUT2D eigenvalue weighted by atomic mass is 32.2. The van der Waals surface area contributed by atoms with Gasteiger partial charge in [-0.25, -0.2) is 18.5 Å². The Labute approximate surface area is 103 Å². The van der Waals surface area contributed by atoms with Gasteiger partial charge in [-0.3, -0.25) is 0 Å². The third-order valence-corrected chi connectivity index (χ3v) is 3.77. The van der Waals surface area contributed by atoms with Gasteiger partial charge < -0.3 is 5.73 Å². The first-order valence-corrected chi connectivity index (χ1v) is 7.34. The minimum absolute atomic E-state index is 0.236. The number of nitrogens with zero attached hydrogens (tertiary/aromatic N) is 1. The second-order valence-electron chi connectivity index (χ2n) is 3.56. The van der Waals surface area contributed by atoms with Gasteiger partial charge in [0.1, 0.15) is 10.8 Å². The Morgan fingerprint density at radius 3 is 2.76 bits per heavy atom. The third kappa shape index (κ3) is 3.26. The van der Waals surface area contributed by atoms with Crippen LogP contribution in [0.25, 0.3) is 11.3 Å². The molecule has 1 aromatic heterocycles. The van der Waals surface area contributed by atoms with Gasteiger partial charge in [0.15, 0.2) is 0 Å². The van der Waals surface area contributed by atoms with E-state index < -0.39 is 10.0 Å². The molecule has 2 aromatic rings. The van der Waals surface area contributed by atoms with Crippen LogP contribution in [0, 0.1) is 0 Å². The molecule has 0 amide bonds. The SMILES string of the molecule is Nc1cccc(-c2csc(CS(N)(=O)=O)n2)c1. The lowest BCUT2D eigenvalue weighted by Gasteiger charge is -1.97. The highest BCUT2D eigenvalue weighted by Crippen LogP contribution is 2.24. The summed E-state index contributed by atoms with van der Waals surface area (Å²) in [5, 5.41) is 7.22. The van der Waals surface area contributed by atoms with E-state index in [2.05, 4.69) is 4.98 Å². The molecule has 90 valence electrons. The summed E-state index contributed by atoms with van der Waals surface area (Å²) >= 11 is 1.27. The lowest BCUT2D eigenvalue weighted by molar-refractivity contribution is 0.597. The lowest BCUT2D eigenvalue weighted by Crippen LogP contribution is -2.14. The minimum atomic E-state index is -3.53. The average molecular weight is 269 g/mol. The standard InChI is InChI=1S/C10H11N3O2S2/c11-8-3-1-2-7(4-8)9-5-16-10(13-9)6-17(12,14)15/h1-5H,6,11H2,(H2,12,14,15). The van der Waals surface area contributed by atoms with Crippen LogP contribution in [0.1, 0.15) is 5.01 Å². The predicted molar refractivity (Wildman–Crippen MR) is 68.8 cm³/mol. The Kier molecular flexibility index (Phi) is 3.14. The molecule has 0 aliphatic carbocycles. The molecule has 2 rings (SSSR count). The maximum absolute atomic E-state index is 10.9. The molecule has 0 saturated carbocycles. The molecule has 0 radical (unpaired) electrons. The van der Waals surface area contributed by atoms with E-state index in [4.69, 9.17) is 10.9 Å². The molecule has 4 N–H and O–H groups in total. The van der Waals surface area contributed by atoms with E-state index in [0.717, 1.165) is 5.56 Å². The van der Waals surface area contributed by atoms with Gasteiger partial charge in [0.25, 0.3) is 0 Å².